The van der Waals surface area contributed by atoms with Gasteiger partial charge < -0.3 is 10.2 Å². The van der Waals surface area contributed by atoms with E-state index in [0.29, 0.717) is 18.8 Å². The lowest BCUT2D eigenvalue weighted by Gasteiger charge is -2.18. The van der Waals surface area contributed by atoms with Crippen LogP contribution in [0, 0.1) is 0 Å². The Bertz CT molecular complexity index is 334. The monoisotopic (exact) mass is 207 g/mol. The summed E-state index contributed by atoms with van der Waals surface area (Å²) in [5.41, 5.74) is 1.39. The predicted octanol–water partition coefficient (Wildman–Crippen LogP) is 1.61. The van der Waals surface area contributed by atoms with Crippen LogP contribution in [0.4, 0.5) is 5.69 Å². The van der Waals surface area contributed by atoms with Gasteiger partial charge in [-0.1, -0.05) is 0 Å². The smallest absolute Gasteiger partial charge is 0.272 e. The molecule has 0 spiro atoms. The fourth-order valence-electron chi connectivity index (χ4n) is 1.38. The molecule has 0 unspecified atom stereocenters. The van der Waals surface area contributed by atoms with Crippen LogP contribution in [-0.2, 0) is 0 Å². The number of carbonyl (C=O) groups excluding carboxylic acids is 1. The Morgan fingerprint density at radius 1 is 1.47 bits per heavy atom. The van der Waals surface area contributed by atoms with E-state index in [2.05, 4.69) is 10.3 Å². The van der Waals surface area contributed by atoms with Gasteiger partial charge in [0.2, 0.25) is 0 Å². The number of aromatic nitrogens is 1. The molecule has 0 saturated carbocycles. The van der Waals surface area contributed by atoms with Crippen molar-refractivity contribution >= 4 is 11.6 Å². The summed E-state index contributed by atoms with van der Waals surface area (Å²) >= 11 is 0. The largest absolute Gasteiger partial charge is 0.388 e. The lowest BCUT2D eigenvalue weighted by Crippen LogP contribution is -2.31. The van der Waals surface area contributed by atoms with Crippen molar-refractivity contribution in [3.8, 4) is 0 Å². The van der Waals surface area contributed by atoms with Gasteiger partial charge in [0.05, 0.1) is 0 Å². The summed E-state index contributed by atoms with van der Waals surface area (Å²) < 4.78 is 0. The summed E-state index contributed by atoms with van der Waals surface area (Å²) in [6, 6.07) is 3.60. The summed E-state index contributed by atoms with van der Waals surface area (Å²) in [5.74, 6) is -0.0166. The normalized spacial score (nSPS) is 9.80. The average Bonchev–Trinajstić information content (AvgIpc) is 2.30. The Kier molecular flexibility index (Phi) is 4.09. The van der Waals surface area contributed by atoms with Crippen LogP contribution < -0.4 is 5.32 Å². The second kappa shape index (κ2) is 5.34. The Labute approximate surface area is 90.3 Å². The van der Waals surface area contributed by atoms with Crippen molar-refractivity contribution in [2.24, 2.45) is 0 Å². The van der Waals surface area contributed by atoms with Crippen LogP contribution in [0.3, 0.4) is 0 Å². The molecule has 4 heteroatoms. The first kappa shape index (κ1) is 11.5. The van der Waals surface area contributed by atoms with Crippen molar-refractivity contribution in [3.63, 3.8) is 0 Å². The molecule has 0 aromatic carbocycles. The maximum absolute atomic E-state index is 11.9. The Hall–Kier alpha value is -1.58. The quantitative estimate of drug-likeness (QED) is 0.815. The van der Waals surface area contributed by atoms with Crippen molar-refractivity contribution in [1.82, 2.24) is 9.88 Å². The summed E-state index contributed by atoms with van der Waals surface area (Å²) in [5, 5.41) is 2.99. The maximum Gasteiger partial charge on any atom is 0.272 e. The number of carbonyl (C=O) groups is 1. The minimum absolute atomic E-state index is 0.0166. The van der Waals surface area contributed by atoms with E-state index in [9.17, 15) is 4.79 Å². The van der Waals surface area contributed by atoms with Gasteiger partial charge in [-0.05, 0) is 26.0 Å². The van der Waals surface area contributed by atoms with Gasteiger partial charge in [-0.15, -0.1) is 0 Å². The topological polar surface area (TPSA) is 45.2 Å². The van der Waals surface area contributed by atoms with Crippen LogP contribution in [0.5, 0.6) is 0 Å². The van der Waals surface area contributed by atoms with Crippen LogP contribution in [0.2, 0.25) is 0 Å². The van der Waals surface area contributed by atoms with Gasteiger partial charge in [-0.3, -0.25) is 9.78 Å². The molecule has 1 rings (SSSR count). The average molecular weight is 207 g/mol. The molecule has 4 nitrogen and oxygen atoms in total. The SMILES string of the molecule is CCN(CC)C(=O)c1cc(NC)ccn1. The molecule has 1 aromatic rings. The number of amides is 1. The Morgan fingerprint density at radius 3 is 2.67 bits per heavy atom. The van der Waals surface area contributed by atoms with Gasteiger partial charge in [0.25, 0.3) is 5.91 Å². The molecule has 1 N–H and O–H groups in total. The Morgan fingerprint density at radius 2 is 2.13 bits per heavy atom. The van der Waals surface area contributed by atoms with E-state index < -0.39 is 0 Å². The van der Waals surface area contributed by atoms with Gasteiger partial charge >= 0.3 is 0 Å². The van der Waals surface area contributed by atoms with Gasteiger partial charge in [0.15, 0.2) is 0 Å². The molecular formula is C11H17N3O. The third-order valence-electron chi connectivity index (χ3n) is 2.32. The number of hydrogen-bond acceptors (Lipinski definition) is 3. The van der Waals surface area contributed by atoms with E-state index in [0.717, 1.165) is 5.69 Å². The lowest BCUT2D eigenvalue weighted by atomic mass is 10.3. The van der Waals surface area contributed by atoms with Gasteiger partial charge in [-0.2, -0.15) is 0 Å². The molecule has 0 aliphatic rings. The number of anilines is 1. The van der Waals surface area contributed by atoms with E-state index in [1.54, 1.807) is 17.2 Å². The minimum Gasteiger partial charge on any atom is -0.388 e. The molecule has 0 fully saturated rings. The number of hydrogen-bond donors (Lipinski definition) is 1. The number of pyridine rings is 1. The van der Waals surface area contributed by atoms with Crippen LogP contribution >= 0.6 is 0 Å². The van der Waals surface area contributed by atoms with Crippen molar-refractivity contribution in [2.45, 2.75) is 13.8 Å². The molecule has 1 aromatic heterocycles. The van der Waals surface area contributed by atoms with Crippen molar-refractivity contribution < 1.29 is 4.79 Å². The van der Waals surface area contributed by atoms with Crippen molar-refractivity contribution in [2.75, 3.05) is 25.5 Å². The van der Waals surface area contributed by atoms with Crippen molar-refractivity contribution in [1.29, 1.82) is 0 Å². The van der Waals surface area contributed by atoms with Crippen LogP contribution in [-0.4, -0.2) is 35.9 Å². The number of rotatable bonds is 4. The van der Waals surface area contributed by atoms with Crippen LogP contribution in [0.25, 0.3) is 0 Å². The maximum atomic E-state index is 11.9. The predicted molar refractivity (Wildman–Crippen MR) is 61.0 cm³/mol. The third kappa shape index (κ3) is 2.68. The second-order valence-electron chi connectivity index (χ2n) is 3.16. The van der Waals surface area contributed by atoms with E-state index >= 15 is 0 Å². The standard InChI is InChI=1S/C11H17N3O/c1-4-14(5-2)11(15)10-8-9(12-3)6-7-13-10/h6-8H,4-5H2,1-3H3,(H,12,13). The molecule has 0 atom stereocenters. The van der Waals surface area contributed by atoms with E-state index in [1.807, 2.05) is 27.0 Å². The first-order valence-electron chi connectivity index (χ1n) is 5.16. The van der Waals surface area contributed by atoms with Gasteiger partial charge in [0.1, 0.15) is 5.69 Å². The van der Waals surface area contributed by atoms with E-state index in [4.69, 9.17) is 0 Å². The highest BCUT2D eigenvalue weighted by Crippen LogP contribution is 2.09. The molecule has 1 amide bonds. The van der Waals surface area contributed by atoms with Gasteiger partial charge in [-0.25, -0.2) is 0 Å². The number of nitrogens with zero attached hydrogens (tertiary/aromatic N) is 2. The van der Waals surface area contributed by atoms with E-state index in [-0.39, 0.29) is 5.91 Å². The molecule has 0 bridgehead atoms. The summed E-state index contributed by atoms with van der Waals surface area (Å²) in [7, 11) is 1.82. The molecular weight excluding hydrogens is 190 g/mol. The van der Waals surface area contributed by atoms with Gasteiger partial charge in [0, 0.05) is 32.0 Å². The van der Waals surface area contributed by atoms with Crippen LogP contribution in [0.1, 0.15) is 24.3 Å². The molecule has 15 heavy (non-hydrogen) atoms. The lowest BCUT2D eigenvalue weighted by molar-refractivity contribution is 0.0767. The summed E-state index contributed by atoms with van der Waals surface area (Å²) in [4.78, 5) is 17.7. The fourth-order valence-corrected chi connectivity index (χ4v) is 1.38. The fraction of sp³-hybridized carbons (Fsp3) is 0.455. The zero-order valence-corrected chi connectivity index (χ0v) is 9.45. The summed E-state index contributed by atoms with van der Waals surface area (Å²) in [6.45, 7) is 5.34. The van der Waals surface area contributed by atoms with E-state index in [1.165, 1.54) is 0 Å². The summed E-state index contributed by atoms with van der Waals surface area (Å²) in [6.07, 6.45) is 1.64. The highest BCUT2D eigenvalue weighted by molar-refractivity contribution is 5.93. The molecule has 82 valence electrons. The highest BCUT2D eigenvalue weighted by Gasteiger charge is 2.13. The first-order valence-corrected chi connectivity index (χ1v) is 5.16. The molecule has 0 saturated heterocycles. The highest BCUT2D eigenvalue weighted by atomic mass is 16.2. The molecule has 1 heterocycles. The first-order chi connectivity index (χ1) is 7.22. The third-order valence-corrected chi connectivity index (χ3v) is 2.32. The molecule has 0 aliphatic heterocycles. The zero-order chi connectivity index (χ0) is 11.3. The van der Waals surface area contributed by atoms with Crippen LogP contribution in [0.15, 0.2) is 18.3 Å². The number of nitrogens with one attached hydrogen (secondary N) is 1. The molecule has 0 radical (unpaired) electrons. The Balaban J connectivity index is 2.90. The minimum atomic E-state index is -0.0166. The van der Waals surface area contributed by atoms with Crippen molar-refractivity contribution in [3.05, 3.63) is 24.0 Å². The zero-order valence-electron chi connectivity index (χ0n) is 9.45. The molecule has 0 aliphatic carbocycles. The second-order valence-corrected chi connectivity index (χ2v) is 3.16.